The van der Waals surface area contributed by atoms with Gasteiger partial charge in [-0.2, -0.15) is 5.10 Å². The lowest BCUT2D eigenvalue weighted by Crippen LogP contribution is -2.33. The summed E-state index contributed by atoms with van der Waals surface area (Å²) in [5.41, 5.74) is 0.0420. The number of rotatable bonds is 5. The number of hydrogen-bond acceptors (Lipinski definition) is 5. The molecule has 9 heteroatoms. The first-order valence-corrected chi connectivity index (χ1v) is 8.67. The highest BCUT2D eigenvalue weighted by atomic mass is 35.5. The summed E-state index contributed by atoms with van der Waals surface area (Å²) in [7, 11) is 2.95. The molecule has 0 aliphatic carbocycles. The molecule has 2 N–H and O–H groups in total. The molecule has 0 radical (unpaired) electrons. The lowest BCUT2D eigenvalue weighted by Gasteiger charge is -2.11. The molecule has 0 aliphatic heterocycles. The van der Waals surface area contributed by atoms with E-state index in [1.165, 1.54) is 20.2 Å². The Labute approximate surface area is 165 Å². The number of anilines is 1. The first-order valence-electron chi connectivity index (χ1n) is 8.30. The summed E-state index contributed by atoms with van der Waals surface area (Å²) in [5, 5.41) is 10.3. The van der Waals surface area contributed by atoms with E-state index in [9.17, 15) is 14.4 Å². The number of nitrogens with zero attached hydrogens (tertiary/aromatic N) is 2. The lowest BCUT2D eigenvalue weighted by atomic mass is 10.1. The minimum atomic E-state index is -0.492. The minimum Gasteiger partial charge on any atom is -0.495 e. The van der Waals surface area contributed by atoms with Gasteiger partial charge in [0.15, 0.2) is 5.69 Å². The molecule has 2 aromatic carbocycles. The highest BCUT2D eigenvalue weighted by molar-refractivity contribution is 6.32. The summed E-state index contributed by atoms with van der Waals surface area (Å²) in [6, 6.07) is 11.4. The zero-order valence-corrected chi connectivity index (χ0v) is 15.9. The smallest absolute Gasteiger partial charge is 0.275 e. The number of carbonyl (C=O) groups excluding carboxylic acids is 2. The van der Waals surface area contributed by atoms with Crippen LogP contribution in [0.2, 0.25) is 5.02 Å². The van der Waals surface area contributed by atoms with Gasteiger partial charge in [-0.1, -0.05) is 29.8 Å². The normalized spacial score (nSPS) is 10.5. The first kappa shape index (κ1) is 19.4. The predicted octanol–water partition coefficient (Wildman–Crippen LogP) is 2.06. The van der Waals surface area contributed by atoms with E-state index >= 15 is 0 Å². The summed E-state index contributed by atoms with van der Waals surface area (Å²) >= 11 is 6.05. The average molecular weight is 401 g/mol. The highest BCUT2D eigenvalue weighted by Gasteiger charge is 2.17. The molecular formula is C19H17ClN4O4. The standard InChI is InChI=1S/C19H17ClN4O4/c1-21-18(26)17-12-5-3-4-6-13(12)19(27)24(23-17)10-16(25)22-11-7-8-15(28-2)14(20)9-11/h3-9H,10H2,1-2H3,(H,21,26)(H,22,25). The Morgan fingerprint density at radius 2 is 1.89 bits per heavy atom. The van der Waals surface area contributed by atoms with Crippen LogP contribution in [0.1, 0.15) is 10.5 Å². The van der Waals surface area contributed by atoms with E-state index in [2.05, 4.69) is 15.7 Å². The number of ether oxygens (including phenoxy) is 1. The quantitative estimate of drug-likeness (QED) is 0.682. The van der Waals surface area contributed by atoms with Crippen molar-refractivity contribution in [1.29, 1.82) is 0 Å². The maximum atomic E-state index is 12.7. The molecule has 0 atom stereocenters. The third-order valence-corrected chi connectivity index (χ3v) is 4.33. The van der Waals surface area contributed by atoms with Gasteiger partial charge in [-0.05, 0) is 24.3 Å². The Hall–Kier alpha value is -3.39. The monoisotopic (exact) mass is 400 g/mol. The van der Waals surface area contributed by atoms with Crippen LogP contribution in [0, 0.1) is 0 Å². The number of hydrogen-bond donors (Lipinski definition) is 2. The van der Waals surface area contributed by atoms with Gasteiger partial charge >= 0.3 is 0 Å². The zero-order valence-electron chi connectivity index (χ0n) is 15.2. The number of carbonyl (C=O) groups is 2. The number of methoxy groups -OCH3 is 1. The topological polar surface area (TPSA) is 102 Å². The number of nitrogens with one attached hydrogen (secondary N) is 2. The maximum Gasteiger partial charge on any atom is 0.275 e. The summed E-state index contributed by atoms with van der Waals surface area (Å²) in [6.45, 7) is -0.364. The Kier molecular flexibility index (Phi) is 5.60. The van der Waals surface area contributed by atoms with Gasteiger partial charge in [-0.3, -0.25) is 14.4 Å². The van der Waals surface area contributed by atoms with E-state index in [1.54, 1.807) is 36.4 Å². The van der Waals surface area contributed by atoms with Gasteiger partial charge < -0.3 is 15.4 Å². The minimum absolute atomic E-state index is 0.0676. The molecule has 0 bridgehead atoms. The Balaban J connectivity index is 1.92. The molecule has 1 heterocycles. The number of fused-ring (bicyclic) bond motifs is 1. The predicted molar refractivity (Wildman–Crippen MR) is 106 cm³/mol. The van der Waals surface area contributed by atoms with Crippen LogP contribution in [-0.4, -0.2) is 35.8 Å². The molecule has 2 amide bonds. The highest BCUT2D eigenvalue weighted by Crippen LogP contribution is 2.27. The molecule has 0 fully saturated rings. The van der Waals surface area contributed by atoms with Crippen LogP contribution >= 0.6 is 11.6 Å². The molecular weight excluding hydrogens is 384 g/mol. The largest absolute Gasteiger partial charge is 0.495 e. The summed E-state index contributed by atoms with van der Waals surface area (Å²) < 4.78 is 6.03. The van der Waals surface area contributed by atoms with E-state index in [1.807, 2.05) is 0 Å². The van der Waals surface area contributed by atoms with E-state index in [0.29, 0.717) is 27.2 Å². The molecule has 3 aromatic rings. The van der Waals surface area contributed by atoms with Gasteiger partial charge in [0.1, 0.15) is 12.3 Å². The maximum absolute atomic E-state index is 12.7. The van der Waals surface area contributed by atoms with Crippen molar-refractivity contribution >= 4 is 39.9 Å². The van der Waals surface area contributed by atoms with Crippen LogP contribution in [0.25, 0.3) is 10.8 Å². The van der Waals surface area contributed by atoms with Crippen LogP contribution in [0.5, 0.6) is 5.75 Å². The van der Waals surface area contributed by atoms with E-state index in [-0.39, 0.29) is 12.2 Å². The Morgan fingerprint density at radius 3 is 2.54 bits per heavy atom. The lowest BCUT2D eigenvalue weighted by molar-refractivity contribution is -0.117. The van der Waals surface area contributed by atoms with E-state index in [0.717, 1.165) is 4.68 Å². The van der Waals surface area contributed by atoms with Crippen molar-refractivity contribution in [3.8, 4) is 5.75 Å². The second-order valence-corrected chi connectivity index (χ2v) is 6.24. The third kappa shape index (κ3) is 3.81. The summed E-state index contributed by atoms with van der Waals surface area (Å²) in [6.07, 6.45) is 0. The molecule has 0 unspecified atom stereocenters. The average Bonchev–Trinajstić information content (AvgIpc) is 2.69. The van der Waals surface area contributed by atoms with Crippen molar-refractivity contribution in [2.75, 3.05) is 19.5 Å². The van der Waals surface area contributed by atoms with Crippen molar-refractivity contribution in [2.24, 2.45) is 0 Å². The van der Waals surface area contributed by atoms with Gasteiger partial charge in [0.2, 0.25) is 5.91 Å². The van der Waals surface area contributed by atoms with Gasteiger partial charge in [-0.25, -0.2) is 4.68 Å². The van der Waals surface area contributed by atoms with Gasteiger partial charge in [-0.15, -0.1) is 0 Å². The second kappa shape index (κ2) is 8.10. The molecule has 3 rings (SSSR count). The van der Waals surface area contributed by atoms with Crippen LogP contribution in [0.4, 0.5) is 5.69 Å². The first-order chi connectivity index (χ1) is 13.4. The number of halogens is 1. The number of aromatic nitrogens is 2. The molecule has 0 saturated heterocycles. The van der Waals surface area contributed by atoms with Crippen molar-refractivity contribution in [2.45, 2.75) is 6.54 Å². The fraction of sp³-hybridized carbons (Fsp3) is 0.158. The van der Waals surface area contributed by atoms with Gasteiger partial charge in [0.25, 0.3) is 11.5 Å². The van der Waals surface area contributed by atoms with Gasteiger partial charge in [0, 0.05) is 18.1 Å². The SMILES string of the molecule is CNC(=O)c1nn(CC(=O)Nc2ccc(OC)c(Cl)c2)c(=O)c2ccccc12. The van der Waals surface area contributed by atoms with Crippen molar-refractivity contribution in [1.82, 2.24) is 15.1 Å². The van der Waals surface area contributed by atoms with Gasteiger partial charge in [0.05, 0.1) is 17.5 Å². The fourth-order valence-electron chi connectivity index (χ4n) is 2.71. The summed E-state index contributed by atoms with van der Waals surface area (Å²) in [4.78, 5) is 37.2. The van der Waals surface area contributed by atoms with Crippen molar-refractivity contribution < 1.29 is 14.3 Å². The van der Waals surface area contributed by atoms with Crippen LogP contribution in [0.3, 0.4) is 0 Å². The molecule has 28 heavy (non-hydrogen) atoms. The molecule has 144 valence electrons. The van der Waals surface area contributed by atoms with Crippen molar-refractivity contribution in [3.63, 3.8) is 0 Å². The van der Waals surface area contributed by atoms with Crippen LogP contribution in [-0.2, 0) is 11.3 Å². The molecule has 0 aliphatic rings. The van der Waals surface area contributed by atoms with Crippen molar-refractivity contribution in [3.05, 3.63) is 63.5 Å². The van der Waals surface area contributed by atoms with Crippen LogP contribution in [0.15, 0.2) is 47.3 Å². The van der Waals surface area contributed by atoms with Crippen LogP contribution < -0.4 is 20.9 Å². The molecule has 8 nitrogen and oxygen atoms in total. The molecule has 0 saturated carbocycles. The molecule has 1 aromatic heterocycles. The number of amides is 2. The second-order valence-electron chi connectivity index (χ2n) is 5.83. The Bertz CT molecular complexity index is 1130. The zero-order chi connectivity index (χ0) is 20.3. The molecule has 0 spiro atoms. The van der Waals surface area contributed by atoms with E-state index in [4.69, 9.17) is 16.3 Å². The fourth-order valence-corrected chi connectivity index (χ4v) is 2.97. The number of benzene rings is 2. The Morgan fingerprint density at radius 1 is 1.18 bits per heavy atom. The third-order valence-electron chi connectivity index (χ3n) is 4.04. The van der Waals surface area contributed by atoms with E-state index < -0.39 is 17.4 Å². The summed E-state index contributed by atoms with van der Waals surface area (Å²) in [5.74, 6) is -0.469.